The summed E-state index contributed by atoms with van der Waals surface area (Å²) in [5, 5.41) is 12.3. The fraction of sp³-hybridized carbons (Fsp3) is 0.412. The Labute approximate surface area is 125 Å². The first-order valence-corrected chi connectivity index (χ1v) is 8.04. The standard InChI is InChI=1S/C17H23NOS/c1-12(2)10-11-15(19)17(18)20-16-9-5-7-13-6-3-4-8-14(13)16/h3-9,12,15,17,19H,10-11,18H2,1-2H3. The van der Waals surface area contributed by atoms with Gasteiger partial charge in [0.2, 0.25) is 0 Å². The van der Waals surface area contributed by atoms with E-state index in [0.717, 1.165) is 17.7 Å². The van der Waals surface area contributed by atoms with Crippen molar-refractivity contribution in [2.24, 2.45) is 11.7 Å². The molecule has 3 heteroatoms. The average Bonchev–Trinajstić information content (AvgIpc) is 2.45. The van der Waals surface area contributed by atoms with E-state index in [0.29, 0.717) is 5.92 Å². The van der Waals surface area contributed by atoms with Gasteiger partial charge in [-0.1, -0.05) is 50.2 Å². The largest absolute Gasteiger partial charge is 0.391 e. The van der Waals surface area contributed by atoms with Crippen LogP contribution in [-0.2, 0) is 0 Å². The number of aliphatic hydroxyl groups excluding tert-OH is 1. The van der Waals surface area contributed by atoms with Crippen molar-refractivity contribution in [1.29, 1.82) is 0 Å². The Morgan fingerprint density at radius 3 is 2.50 bits per heavy atom. The maximum Gasteiger partial charge on any atom is 0.0818 e. The van der Waals surface area contributed by atoms with Crippen molar-refractivity contribution in [2.75, 3.05) is 0 Å². The Morgan fingerprint density at radius 1 is 1.05 bits per heavy atom. The minimum atomic E-state index is -0.457. The molecule has 2 unspecified atom stereocenters. The molecule has 108 valence electrons. The first-order valence-electron chi connectivity index (χ1n) is 7.16. The summed E-state index contributed by atoms with van der Waals surface area (Å²) in [6.45, 7) is 4.33. The van der Waals surface area contributed by atoms with Crippen LogP contribution in [0.5, 0.6) is 0 Å². The molecule has 0 aromatic heterocycles. The highest BCUT2D eigenvalue weighted by Crippen LogP contribution is 2.31. The normalized spacial score (nSPS) is 14.7. The van der Waals surface area contributed by atoms with Gasteiger partial charge in [-0.3, -0.25) is 0 Å². The molecule has 2 aromatic carbocycles. The zero-order valence-electron chi connectivity index (χ0n) is 12.1. The highest BCUT2D eigenvalue weighted by Gasteiger charge is 2.17. The second kappa shape index (κ2) is 7.11. The van der Waals surface area contributed by atoms with Crippen LogP contribution in [0.3, 0.4) is 0 Å². The van der Waals surface area contributed by atoms with Crippen molar-refractivity contribution in [2.45, 2.75) is 43.1 Å². The highest BCUT2D eigenvalue weighted by molar-refractivity contribution is 8.00. The monoisotopic (exact) mass is 289 g/mol. The zero-order valence-corrected chi connectivity index (χ0v) is 12.9. The Kier molecular flexibility index (Phi) is 5.46. The minimum Gasteiger partial charge on any atom is -0.391 e. The molecule has 0 aliphatic heterocycles. The van der Waals surface area contributed by atoms with E-state index in [2.05, 4.69) is 38.1 Å². The molecule has 20 heavy (non-hydrogen) atoms. The van der Waals surface area contributed by atoms with Crippen LogP contribution in [0.2, 0.25) is 0 Å². The van der Waals surface area contributed by atoms with Crippen LogP contribution in [0.15, 0.2) is 47.4 Å². The molecule has 2 nitrogen and oxygen atoms in total. The van der Waals surface area contributed by atoms with E-state index in [1.54, 1.807) is 11.8 Å². The van der Waals surface area contributed by atoms with Crippen molar-refractivity contribution in [3.8, 4) is 0 Å². The van der Waals surface area contributed by atoms with Crippen molar-refractivity contribution >= 4 is 22.5 Å². The number of hydrogen-bond acceptors (Lipinski definition) is 3. The average molecular weight is 289 g/mol. The van der Waals surface area contributed by atoms with Gasteiger partial charge in [0.05, 0.1) is 11.5 Å². The topological polar surface area (TPSA) is 46.2 Å². The van der Waals surface area contributed by atoms with Crippen molar-refractivity contribution in [3.63, 3.8) is 0 Å². The van der Waals surface area contributed by atoms with E-state index in [9.17, 15) is 5.11 Å². The molecule has 0 bridgehead atoms. The van der Waals surface area contributed by atoms with E-state index in [1.807, 2.05) is 18.2 Å². The Hall–Kier alpha value is -1.03. The molecule has 2 atom stereocenters. The van der Waals surface area contributed by atoms with Gasteiger partial charge in [-0.25, -0.2) is 0 Å². The van der Waals surface area contributed by atoms with Gasteiger partial charge in [0, 0.05) is 4.90 Å². The second-order valence-electron chi connectivity index (χ2n) is 5.60. The third-order valence-electron chi connectivity index (χ3n) is 3.43. The number of fused-ring (bicyclic) bond motifs is 1. The van der Waals surface area contributed by atoms with Gasteiger partial charge in [-0.05, 0) is 35.6 Å². The first-order chi connectivity index (χ1) is 9.58. The summed E-state index contributed by atoms with van der Waals surface area (Å²) in [6.07, 6.45) is 1.31. The number of hydrogen-bond donors (Lipinski definition) is 2. The Balaban J connectivity index is 2.07. The molecule has 0 spiro atoms. The molecule has 0 amide bonds. The van der Waals surface area contributed by atoms with E-state index in [1.165, 1.54) is 10.8 Å². The number of nitrogens with two attached hydrogens (primary N) is 1. The lowest BCUT2D eigenvalue weighted by Gasteiger charge is -2.20. The van der Waals surface area contributed by atoms with Crippen LogP contribution in [0.4, 0.5) is 0 Å². The lowest BCUT2D eigenvalue weighted by Crippen LogP contribution is -2.31. The van der Waals surface area contributed by atoms with Gasteiger partial charge in [-0.2, -0.15) is 0 Å². The lowest BCUT2D eigenvalue weighted by molar-refractivity contribution is 0.155. The maximum absolute atomic E-state index is 10.2. The van der Waals surface area contributed by atoms with Gasteiger partial charge < -0.3 is 10.8 Å². The van der Waals surface area contributed by atoms with E-state index >= 15 is 0 Å². The van der Waals surface area contributed by atoms with Crippen molar-refractivity contribution in [3.05, 3.63) is 42.5 Å². The molecule has 0 radical (unpaired) electrons. The maximum atomic E-state index is 10.2. The van der Waals surface area contributed by atoms with Crippen LogP contribution < -0.4 is 5.73 Å². The van der Waals surface area contributed by atoms with E-state index in [-0.39, 0.29) is 5.37 Å². The summed E-state index contributed by atoms with van der Waals surface area (Å²) in [5.41, 5.74) is 6.14. The molecule has 0 saturated heterocycles. The molecule has 2 rings (SSSR count). The third kappa shape index (κ3) is 3.98. The third-order valence-corrected chi connectivity index (χ3v) is 4.63. The molecule has 0 aliphatic carbocycles. The van der Waals surface area contributed by atoms with Crippen LogP contribution >= 0.6 is 11.8 Å². The van der Waals surface area contributed by atoms with Crippen LogP contribution in [0, 0.1) is 5.92 Å². The first kappa shape index (κ1) is 15.4. The predicted molar refractivity (Wildman–Crippen MR) is 87.9 cm³/mol. The summed E-state index contributed by atoms with van der Waals surface area (Å²) in [6, 6.07) is 14.5. The van der Waals surface area contributed by atoms with Gasteiger partial charge in [0.15, 0.2) is 0 Å². The number of benzene rings is 2. The zero-order chi connectivity index (χ0) is 14.5. The minimum absolute atomic E-state index is 0.278. The van der Waals surface area contributed by atoms with Gasteiger partial charge in [0.1, 0.15) is 0 Å². The second-order valence-corrected chi connectivity index (χ2v) is 6.82. The predicted octanol–water partition coefficient (Wildman–Crippen LogP) is 4.01. The molecular weight excluding hydrogens is 266 g/mol. The molecule has 0 heterocycles. The van der Waals surface area contributed by atoms with Gasteiger partial charge >= 0.3 is 0 Å². The Morgan fingerprint density at radius 2 is 1.75 bits per heavy atom. The van der Waals surface area contributed by atoms with Gasteiger partial charge in [-0.15, -0.1) is 11.8 Å². The van der Waals surface area contributed by atoms with E-state index in [4.69, 9.17) is 5.73 Å². The van der Waals surface area contributed by atoms with Crippen LogP contribution in [0.25, 0.3) is 10.8 Å². The number of thioether (sulfide) groups is 1. The molecule has 0 aliphatic rings. The number of aliphatic hydroxyl groups is 1. The fourth-order valence-electron chi connectivity index (χ4n) is 2.19. The quantitative estimate of drug-likeness (QED) is 0.624. The van der Waals surface area contributed by atoms with E-state index < -0.39 is 6.10 Å². The fourth-order valence-corrected chi connectivity index (χ4v) is 3.25. The Bertz CT molecular complexity index is 550. The smallest absolute Gasteiger partial charge is 0.0818 e. The lowest BCUT2D eigenvalue weighted by atomic mass is 10.1. The summed E-state index contributed by atoms with van der Waals surface area (Å²) < 4.78 is 0. The van der Waals surface area contributed by atoms with Crippen molar-refractivity contribution in [1.82, 2.24) is 0 Å². The molecular formula is C17H23NOS. The molecule has 0 fully saturated rings. The summed E-state index contributed by atoms with van der Waals surface area (Å²) >= 11 is 1.56. The number of rotatable bonds is 6. The summed E-state index contributed by atoms with van der Waals surface area (Å²) in [7, 11) is 0. The van der Waals surface area contributed by atoms with Crippen molar-refractivity contribution < 1.29 is 5.11 Å². The highest BCUT2D eigenvalue weighted by atomic mass is 32.2. The van der Waals surface area contributed by atoms with Crippen LogP contribution in [0.1, 0.15) is 26.7 Å². The van der Waals surface area contributed by atoms with Crippen LogP contribution in [-0.4, -0.2) is 16.6 Å². The SMILES string of the molecule is CC(C)CCC(O)C(N)Sc1cccc2ccccc12. The molecule has 0 saturated carbocycles. The summed E-state index contributed by atoms with van der Waals surface area (Å²) in [4.78, 5) is 1.14. The summed E-state index contributed by atoms with van der Waals surface area (Å²) in [5.74, 6) is 0.597. The van der Waals surface area contributed by atoms with Gasteiger partial charge in [0.25, 0.3) is 0 Å². The molecule has 3 N–H and O–H groups in total. The molecule has 2 aromatic rings.